The number of aromatic amines is 1. The zero-order chi connectivity index (χ0) is 24.2. The van der Waals surface area contributed by atoms with E-state index in [1.807, 2.05) is 19.1 Å². The molecule has 1 aliphatic carbocycles. The lowest BCUT2D eigenvalue weighted by Gasteiger charge is -2.13. The van der Waals surface area contributed by atoms with Crippen LogP contribution in [0.2, 0.25) is 0 Å². The van der Waals surface area contributed by atoms with Gasteiger partial charge in [-0.15, -0.1) is 11.3 Å². The van der Waals surface area contributed by atoms with E-state index in [9.17, 15) is 14.7 Å². The molecule has 5 rings (SSSR count). The lowest BCUT2D eigenvalue weighted by atomic mass is 10.1. The number of rotatable bonds is 6. The van der Waals surface area contributed by atoms with Crippen LogP contribution >= 0.6 is 11.3 Å². The maximum absolute atomic E-state index is 12.9. The van der Waals surface area contributed by atoms with Gasteiger partial charge in [-0.25, -0.2) is 4.98 Å². The average molecular weight is 479 g/mol. The molecule has 4 aromatic rings. The van der Waals surface area contributed by atoms with Crippen LogP contribution in [0.5, 0.6) is 11.6 Å². The zero-order valence-corrected chi connectivity index (χ0v) is 20.2. The highest BCUT2D eigenvalue weighted by Gasteiger charge is 2.28. The molecular formula is C25H26N4O4S. The van der Waals surface area contributed by atoms with Gasteiger partial charge in [-0.1, -0.05) is 6.07 Å². The number of hydrogen-bond donors (Lipinski definition) is 3. The fraction of sp³-hybridized carbons (Fsp3) is 0.320. The van der Waals surface area contributed by atoms with Gasteiger partial charge in [-0.05, 0) is 51.8 Å². The van der Waals surface area contributed by atoms with Crippen LogP contribution in [0.25, 0.3) is 21.3 Å². The maximum Gasteiger partial charge on any atom is 0.274 e. The molecular weight excluding hydrogens is 452 g/mol. The van der Waals surface area contributed by atoms with Crippen molar-refractivity contribution >= 4 is 28.1 Å². The minimum Gasteiger partial charge on any atom is -0.437 e. The molecule has 4 heterocycles. The number of ether oxygens (including phenoxy) is 1. The van der Waals surface area contributed by atoms with Crippen LogP contribution in [0.4, 0.5) is 0 Å². The van der Waals surface area contributed by atoms with E-state index in [-0.39, 0.29) is 17.5 Å². The fourth-order valence-corrected chi connectivity index (χ4v) is 4.86. The Morgan fingerprint density at radius 3 is 2.79 bits per heavy atom. The molecule has 4 aromatic heterocycles. The number of hydrogen-bond acceptors (Lipinski definition) is 6. The highest BCUT2D eigenvalue weighted by Crippen LogP contribution is 2.45. The number of aryl methyl sites for hydroxylation is 2. The second-order valence-electron chi connectivity index (χ2n) is 9.27. The van der Waals surface area contributed by atoms with Gasteiger partial charge in [0.15, 0.2) is 0 Å². The van der Waals surface area contributed by atoms with Gasteiger partial charge in [0.2, 0.25) is 5.88 Å². The van der Waals surface area contributed by atoms with Crippen molar-refractivity contribution in [3.8, 4) is 22.1 Å². The second kappa shape index (κ2) is 8.11. The van der Waals surface area contributed by atoms with Crippen molar-refractivity contribution < 1.29 is 14.6 Å². The summed E-state index contributed by atoms with van der Waals surface area (Å²) in [7, 11) is 1.67. The van der Waals surface area contributed by atoms with Crippen LogP contribution in [0.15, 0.2) is 41.5 Å². The Morgan fingerprint density at radius 1 is 1.35 bits per heavy atom. The van der Waals surface area contributed by atoms with Crippen molar-refractivity contribution in [1.29, 1.82) is 0 Å². The number of aromatic nitrogens is 3. The van der Waals surface area contributed by atoms with Crippen molar-refractivity contribution in [2.45, 2.75) is 45.3 Å². The topological polar surface area (TPSA) is 109 Å². The quantitative estimate of drug-likeness (QED) is 0.385. The normalized spacial score (nSPS) is 13.9. The van der Waals surface area contributed by atoms with E-state index in [0.717, 1.165) is 28.8 Å². The third-order valence-corrected chi connectivity index (χ3v) is 7.30. The Bertz CT molecular complexity index is 1470. The smallest absolute Gasteiger partial charge is 0.274 e. The van der Waals surface area contributed by atoms with Gasteiger partial charge in [0, 0.05) is 46.9 Å². The number of thiophene rings is 1. The Morgan fingerprint density at radius 2 is 2.12 bits per heavy atom. The van der Waals surface area contributed by atoms with Crippen LogP contribution in [0, 0.1) is 6.92 Å². The Kier molecular flexibility index (Phi) is 5.33. The van der Waals surface area contributed by atoms with Crippen molar-refractivity contribution in [3.05, 3.63) is 63.1 Å². The molecule has 0 atom stereocenters. The van der Waals surface area contributed by atoms with Crippen LogP contribution in [0.1, 0.15) is 47.6 Å². The predicted molar refractivity (Wildman–Crippen MR) is 132 cm³/mol. The molecule has 1 fully saturated rings. The minimum atomic E-state index is -1.09. The Hall–Kier alpha value is -3.43. The molecule has 1 amide bonds. The van der Waals surface area contributed by atoms with Gasteiger partial charge in [0.25, 0.3) is 11.5 Å². The summed E-state index contributed by atoms with van der Waals surface area (Å²) in [5, 5.41) is 14.3. The maximum atomic E-state index is 12.9. The van der Waals surface area contributed by atoms with Crippen molar-refractivity contribution in [2.75, 3.05) is 0 Å². The molecule has 8 nitrogen and oxygen atoms in total. The van der Waals surface area contributed by atoms with E-state index < -0.39 is 5.60 Å². The minimum absolute atomic E-state index is 0.203. The van der Waals surface area contributed by atoms with Crippen LogP contribution in [0.3, 0.4) is 0 Å². The predicted octanol–water partition coefficient (Wildman–Crippen LogP) is 4.21. The molecule has 176 valence electrons. The van der Waals surface area contributed by atoms with Gasteiger partial charge in [0.05, 0.1) is 10.5 Å². The van der Waals surface area contributed by atoms with Gasteiger partial charge in [-0.2, -0.15) is 0 Å². The van der Waals surface area contributed by atoms with E-state index in [2.05, 4.69) is 15.3 Å². The third-order valence-electron chi connectivity index (χ3n) is 5.84. The third kappa shape index (κ3) is 4.12. The fourth-order valence-electron chi connectivity index (χ4n) is 3.75. The molecule has 3 N–H and O–H groups in total. The summed E-state index contributed by atoms with van der Waals surface area (Å²) in [5.41, 5.74) is 0.964. The van der Waals surface area contributed by atoms with E-state index in [1.54, 1.807) is 45.4 Å². The molecule has 9 heteroatoms. The monoisotopic (exact) mass is 478 g/mol. The highest BCUT2D eigenvalue weighted by molar-refractivity contribution is 7.16. The first-order chi connectivity index (χ1) is 16.1. The summed E-state index contributed by atoms with van der Waals surface area (Å²) >= 11 is 1.38. The Balaban J connectivity index is 1.69. The van der Waals surface area contributed by atoms with Crippen molar-refractivity contribution in [3.63, 3.8) is 0 Å². The number of aliphatic hydroxyl groups is 1. The number of carbonyl (C=O) groups excluding carboxylic acids is 1. The number of carbonyl (C=O) groups is 1. The number of pyridine rings is 2. The number of nitrogens with one attached hydrogen (secondary N) is 2. The molecule has 0 aliphatic heterocycles. The summed E-state index contributed by atoms with van der Waals surface area (Å²) in [5.74, 6) is 0.758. The molecule has 0 spiro atoms. The van der Waals surface area contributed by atoms with Crippen LogP contribution < -0.4 is 15.6 Å². The number of H-pyrrole nitrogens is 1. The summed E-state index contributed by atoms with van der Waals surface area (Å²) in [6.45, 7) is 5.34. The van der Waals surface area contributed by atoms with Crippen molar-refractivity contribution in [2.24, 2.45) is 7.05 Å². The largest absolute Gasteiger partial charge is 0.437 e. The summed E-state index contributed by atoms with van der Waals surface area (Å²) < 4.78 is 7.70. The van der Waals surface area contributed by atoms with E-state index >= 15 is 0 Å². The van der Waals surface area contributed by atoms with Crippen molar-refractivity contribution in [1.82, 2.24) is 19.9 Å². The molecule has 0 saturated heterocycles. The van der Waals surface area contributed by atoms with Gasteiger partial charge in [0.1, 0.15) is 17.0 Å². The molecule has 1 saturated carbocycles. The van der Waals surface area contributed by atoms with Crippen LogP contribution in [-0.4, -0.2) is 31.6 Å². The lowest BCUT2D eigenvalue weighted by Crippen LogP contribution is -2.25. The van der Waals surface area contributed by atoms with Gasteiger partial charge < -0.3 is 24.7 Å². The second-order valence-corrected chi connectivity index (χ2v) is 10.3. The number of fused-ring (bicyclic) bond motifs is 1. The first kappa shape index (κ1) is 22.4. The summed E-state index contributed by atoms with van der Waals surface area (Å²) in [6.07, 6.45) is 5.34. The SMILES string of the molecule is Cc1cccnc1Oc1cc(C(C)(C)O)sc1-c1cn(C)c(=O)c2[nH]c(C(=O)NC3CC3)cc12. The molecule has 34 heavy (non-hydrogen) atoms. The molecule has 0 bridgehead atoms. The van der Waals surface area contributed by atoms with E-state index in [1.165, 1.54) is 15.9 Å². The summed E-state index contributed by atoms with van der Waals surface area (Å²) in [4.78, 5) is 34.4. The number of nitrogens with zero attached hydrogens (tertiary/aromatic N) is 2. The molecule has 0 radical (unpaired) electrons. The lowest BCUT2D eigenvalue weighted by molar-refractivity contribution is 0.0824. The summed E-state index contributed by atoms with van der Waals surface area (Å²) in [6, 6.07) is 7.46. The molecule has 0 unspecified atom stereocenters. The van der Waals surface area contributed by atoms with E-state index in [0.29, 0.717) is 33.1 Å². The molecule has 0 aromatic carbocycles. The first-order valence-electron chi connectivity index (χ1n) is 11.1. The van der Waals surface area contributed by atoms with Gasteiger partial charge >= 0.3 is 0 Å². The molecule has 1 aliphatic rings. The average Bonchev–Trinajstić information content (AvgIpc) is 3.31. The number of amides is 1. The van der Waals surface area contributed by atoms with Crippen LogP contribution in [-0.2, 0) is 12.6 Å². The van der Waals surface area contributed by atoms with Gasteiger partial charge in [-0.3, -0.25) is 9.59 Å². The Labute approximate surface area is 200 Å². The van der Waals surface area contributed by atoms with E-state index in [4.69, 9.17) is 4.74 Å². The zero-order valence-electron chi connectivity index (χ0n) is 19.4. The highest BCUT2D eigenvalue weighted by atomic mass is 32.1. The first-order valence-corrected chi connectivity index (χ1v) is 11.9. The standard InChI is InChI=1S/C25H26N4O4S/c1-13-6-5-9-26-23(13)33-18-11-19(25(2,3)32)34-21(18)16-12-29(4)24(31)20-15(16)10-17(28-20)22(30)27-14-7-8-14/h5-6,9-12,14,28,32H,7-8H2,1-4H3,(H,27,30).